The van der Waals surface area contributed by atoms with E-state index in [4.69, 9.17) is 21.8 Å². The topological polar surface area (TPSA) is 74.6 Å². The summed E-state index contributed by atoms with van der Waals surface area (Å²) >= 11 is 5.09. The third-order valence-corrected chi connectivity index (χ3v) is 2.05. The zero-order valence-electron chi connectivity index (χ0n) is 7.22. The van der Waals surface area contributed by atoms with Crippen molar-refractivity contribution in [3.8, 4) is 0 Å². The van der Waals surface area contributed by atoms with Crippen LogP contribution in [0.2, 0.25) is 5.02 Å². The van der Waals surface area contributed by atoms with E-state index in [0.29, 0.717) is 0 Å². The van der Waals surface area contributed by atoms with Crippen LogP contribution in [0.4, 0.5) is 13.2 Å². The SMILES string of the molecule is O=C(O)c1c(F)c(F)c(C(=O)O)c(Cl)c1F. The van der Waals surface area contributed by atoms with Crippen molar-refractivity contribution in [2.75, 3.05) is 0 Å². The molecule has 0 spiro atoms. The summed E-state index contributed by atoms with van der Waals surface area (Å²) in [5.74, 6) is -10.0. The van der Waals surface area contributed by atoms with Crippen LogP contribution in [-0.4, -0.2) is 22.2 Å². The van der Waals surface area contributed by atoms with Crippen LogP contribution in [0, 0.1) is 17.5 Å². The van der Waals surface area contributed by atoms with Crippen LogP contribution in [-0.2, 0) is 0 Å². The number of carboxylic acid groups (broad SMARTS) is 2. The molecule has 0 heterocycles. The second-order valence-corrected chi connectivity index (χ2v) is 2.99. The normalized spacial score (nSPS) is 10.2. The molecule has 0 saturated carbocycles. The fraction of sp³-hybridized carbons (Fsp3) is 0. The number of aromatic carboxylic acids is 2. The molecule has 0 unspecified atom stereocenters. The van der Waals surface area contributed by atoms with Crippen molar-refractivity contribution < 1.29 is 33.0 Å². The molecule has 0 atom stereocenters. The first kappa shape index (κ1) is 12.3. The minimum absolute atomic E-state index is 1.29. The molecule has 8 heteroatoms. The minimum Gasteiger partial charge on any atom is -0.478 e. The van der Waals surface area contributed by atoms with Crippen LogP contribution >= 0.6 is 11.6 Å². The Balaban J connectivity index is 3.77. The lowest BCUT2D eigenvalue weighted by molar-refractivity contribution is 0.0665. The highest BCUT2D eigenvalue weighted by Crippen LogP contribution is 2.29. The Kier molecular flexibility index (Phi) is 3.09. The highest BCUT2D eigenvalue weighted by atomic mass is 35.5. The molecule has 86 valence electrons. The van der Waals surface area contributed by atoms with E-state index in [1.54, 1.807) is 0 Å². The second-order valence-electron chi connectivity index (χ2n) is 2.62. The van der Waals surface area contributed by atoms with Crippen molar-refractivity contribution in [2.24, 2.45) is 0 Å². The van der Waals surface area contributed by atoms with Gasteiger partial charge in [0.15, 0.2) is 17.5 Å². The summed E-state index contributed by atoms with van der Waals surface area (Å²) in [4.78, 5) is 20.8. The number of carbonyl (C=O) groups is 2. The predicted molar refractivity (Wildman–Crippen MR) is 45.2 cm³/mol. The molecule has 4 nitrogen and oxygen atoms in total. The van der Waals surface area contributed by atoms with Gasteiger partial charge in [0, 0.05) is 0 Å². The molecule has 0 fully saturated rings. The Morgan fingerprint density at radius 3 is 1.62 bits per heavy atom. The maximum Gasteiger partial charge on any atom is 0.341 e. The number of hydrogen-bond donors (Lipinski definition) is 2. The van der Waals surface area contributed by atoms with Crippen LogP contribution in [0.3, 0.4) is 0 Å². The van der Waals surface area contributed by atoms with Gasteiger partial charge in [0.25, 0.3) is 0 Å². The molecule has 0 aliphatic heterocycles. The molecule has 0 radical (unpaired) electrons. The lowest BCUT2D eigenvalue weighted by atomic mass is 10.1. The first-order valence-corrected chi connectivity index (χ1v) is 3.99. The van der Waals surface area contributed by atoms with Gasteiger partial charge >= 0.3 is 11.9 Å². The van der Waals surface area contributed by atoms with Gasteiger partial charge in [0.2, 0.25) is 0 Å². The van der Waals surface area contributed by atoms with Gasteiger partial charge < -0.3 is 10.2 Å². The van der Waals surface area contributed by atoms with Gasteiger partial charge in [-0.15, -0.1) is 0 Å². The van der Waals surface area contributed by atoms with Crippen LogP contribution in [0.1, 0.15) is 20.7 Å². The largest absolute Gasteiger partial charge is 0.478 e. The highest BCUT2D eigenvalue weighted by Gasteiger charge is 2.30. The third-order valence-electron chi connectivity index (χ3n) is 1.69. The van der Waals surface area contributed by atoms with Crippen LogP contribution in [0.25, 0.3) is 0 Å². The summed E-state index contributed by atoms with van der Waals surface area (Å²) in [6.45, 7) is 0. The van der Waals surface area contributed by atoms with Gasteiger partial charge in [-0.25, -0.2) is 22.8 Å². The first-order chi connectivity index (χ1) is 7.29. The molecule has 0 saturated heterocycles. The van der Waals surface area contributed by atoms with Crippen LogP contribution in [0.15, 0.2) is 0 Å². The van der Waals surface area contributed by atoms with E-state index in [9.17, 15) is 22.8 Å². The number of rotatable bonds is 2. The quantitative estimate of drug-likeness (QED) is 0.793. The highest BCUT2D eigenvalue weighted by molar-refractivity contribution is 6.34. The minimum atomic E-state index is -2.10. The maximum absolute atomic E-state index is 13.1. The van der Waals surface area contributed by atoms with Crippen molar-refractivity contribution in [2.45, 2.75) is 0 Å². The lowest BCUT2D eigenvalue weighted by Crippen LogP contribution is -2.13. The van der Waals surface area contributed by atoms with Gasteiger partial charge in [-0.05, 0) is 0 Å². The number of halogens is 4. The van der Waals surface area contributed by atoms with E-state index >= 15 is 0 Å². The lowest BCUT2D eigenvalue weighted by Gasteiger charge is -2.06. The summed E-state index contributed by atoms with van der Waals surface area (Å²) in [7, 11) is 0. The average molecular weight is 255 g/mol. The van der Waals surface area contributed by atoms with Gasteiger partial charge in [-0.3, -0.25) is 0 Å². The van der Waals surface area contributed by atoms with E-state index in [2.05, 4.69) is 0 Å². The second kappa shape index (κ2) is 4.01. The molecule has 0 aromatic heterocycles. The molecule has 16 heavy (non-hydrogen) atoms. The Morgan fingerprint density at radius 2 is 1.25 bits per heavy atom. The summed E-state index contributed by atoms with van der Waals surface area (Å²) in [6, 6.07) is 0. The fourth-order valence-corrected chi connectivity index (χ4v) is 1.27. The van der Waals surface area contributed by atoms with E-state index in [1.807, 2.05) is 0 Å². The molecule has 1 aromatic carbocycles. The molecule has 1 rings (SSSR count). The molecule has 0 amide bonds. The van der Waals surface area contributed by atoms with Crippen molar-refractivity contribution in [3.05, 3.63) is 33.6 Å². The monoisotopic (exact) mass is 254 g/mol. The Bertz CT molecular complexity index is 427. The van der Waals surface area contributed by atoms with Crippen molar-refractivity contribution >= 4 is 23.5 Å². The summed E-state index contributed by atoms with van der Waals surface area (Å²) in [6.07, 6.45) is 0. The van der Waals surface area contributed by atoms with Crippen LogP contribution < -0.4 is 0 Å². The zero-order chi connectivity index (χ0) is 12.6. The van der Waals surface area contributed by atoms with Gasteiger partial charge in [0.05, 0.1) is 5.02 Å². The van der Waals surface area contributed by atoms with Crippen LogP contribution in [0.5, 0.6) is 0 Å². The first-order valence-electron chi connectivity index (χ1n) is 3.61. The molecule has 0 bridgehead atoms. The number of carboxylic acids is 2. The molecule has 0 aliphatic carbocycles. The Labute approximate surface area is 90.9 Å². The summed E-state index contributed by atoms with van der Waals surface area (Å²) < 4.78 is 39.2. The molecule has 0 aliphatic rings. The third kappa shape index (κ3) is 1.69. The predicted octanol–water partition coefficient (Wildman–Crippen LogP) is 2.15. The standard InChI is InChI=1S/C8H2ClF3O4/c9-3-1(7(13)14)5(11)6(12)2(4(3)10)8(15)16/h(H,13,14)(H,15,16). The van der Waals surface area contributed by atoms with E-state index < -0.39 is 45.5 Å². The van der Waals surface area contributed by atoms with Crippen molar-refractivity contribution in [3.63, 3.8) is 0 Å². The number of hydrogen-bond acceptors (Lipinski definition) is 2. The number of benzene rings is 1. The van der Waals surface area contributed by atoms with Gasteiger partial charge in [0.1, 0.15) is 11.1 Å². The van der Waals surface area contributed by atoms with Gasteiger partial charge in [-0.1, -0.05) is 11.6 Å². The summed E-state index contributed by atoms with van der Waals surface area (Å²) in [5, 5.41) is 15.5. The maximum atomic E-state index is 13.1. The Morgan fingerprint density at radius 1 is 0.875 bits per heavy atom. The van der Waals surface area contributed by atoms with E-state index in [1.165, 1.54) is 0 Å². The van der Waals surface area contributed by atoms with Crippen molar-refractivity contribution in [1.29, 1.82) is 0 Å². The van der Waals surface area contributed by atoms with E-state index in [-0.39, 0.29) is 0 Å². The zero-order valence-corrected chi connectivity index (χ0v) is 7.98. The Hall–Kier alpha value is -1.76. The fourth-order valence-electron chi connectivity index (χ4n) is 1.01. The smallest absolute Gasteiger partial charge is 0.341 e. The van der Waals surface area contributed by atoms with Crippen molar-refractivity contribution in [1.82, 2.24) is 0 Å². The molecule has 2 N–H and O–H groups in total. The van der Waals surface area contributed by atoms with E-state index in [0.717, 1.165) is 0 Å². The summed E-state index contributed by atoms with van der Waals surface area (Å²) in [5.41, 5.74) is -3.07. The van der Waals surface area contributed by atoms with Gasteiger partial charge in [-0.2, -0.15) is 0 Å². The average Bonchev–Trinajstić information content (AvgIpc) is 2.14. The molecule has 1 aromatic rings. The molecular weight excluding hydrogens is 253 g/mol. The molecular formula is C8H2ClF3O4.